The zero-order valence-electron chi connectivity index (χ0n) is 23.3. The van der Waals surface area contributed by atoms with Gasteiger partial charge in [0.15, 0.2) is 0 Å². The maximum atomic E-state index is 10.1. The van der Waals surface area contributed by atoms with Gasteiger partial charge in [-0.25, -0.2) is 0 Å². The monoisotopic (exact) mass is 469 g/mol. The average Bonchev–Trinajstić information content (AvgIpc) is 2.89. The minimum absolute atomic E-state index is 0.0287. The first-order valence-electron chi connectivity index (χ1n) is 16.1. The lowest BCUT2D eigenvalue weighted by Crippen LogP contribution is -2.34. The van der Waals surface area contributed by atoms with Gasteiger partial charge in [-0.15, -0.1) is 0 Å². The van der Waals surface area contributed by atoms with Gasteiger partial charge in [0.2, 0.25) is 0 Å². The third kappa shape index (κ3) is 8.86. The summed E-state index contributed by atoms with van der Waals surface area (Å²) in [6.07, 6.45) is 33.9. The second-order valence-electron chi connectivity index (χ2n) is 13.1. The Morgan fingerprint density at radius 2 is 1.15 bits per heavy atom. The van der Waals surface area contributed by atoms with Crippen LogP contribution in [0.4, 0.5) is 0 Å². The molecule has 3 saturated carbocycles. The second-order valence-corrected chi connectivity index (χ2v) is 13.1. The Morgan fingerprint density at radius 1 is 0.618 bits per heavy atom. The highest BCUT2D eigenvalue weighted by Crippen LogP contribution is 2.50. The molecule has 3 rings (SSSR count). The van der Waals surface area contributed by atoms with E-state index in [9.17, 15) is 5.26 Å². The van der Waals surface area contributed by atoms with Crippen LogP contribution in [-0.2, 0) is 0 Å². The molecule has 1 nitrogen and oxygen atoms in total. The fourth-order valence-electron chi connectivity index (χ4n) is 8.34. The number of nitrogens with zero attached hydrogens (tertiary/aromatic N) is 1. The lowest BCUT2D eigenvalue weighted by atomic mass is 9.61. The Labute approximate surface area is 214 Å². The second kappa shape index (κ2) is 15.6. The van der Waals surface area contributed by atoms with Crippen LogP contribution < -0.4 is 0 Å². The van der Waals surface area contributed by atoms with E-state index < -0.39 is 0 Å². The molecule has 3 fully saturated rings. The van der Waals surface area contributed by atoms with Gasteiger partial charge in [0, 0.05) is 0 Å². The molecule has 196 valence electrons. The molecule has 0 aromatic heterocycles. The summed E-state index contributed by atoms with van der Waals surface area (Å²) in [7, 11) is 0. The molecule has 0 radical (unpaired) electrons. The van der Waals surface area contributed by atoms with Crippen molar-refractivity contribution in [3.63, 3.8) is 0 Å². The number of hydrogen-bond donors (Lipinski definition) is 0. The van der Waals surface area contributed by atoms with Gasteiger partial charge in [0.25, 0.3) is 0 Å². The van der Waals surface area contributed by atoms with Crippen LogP contribution in [0, 0.1) is 46.3 Å². The molecule has 2 unspecified atom stereocenters. The SMILES string of the molecule is CCCCCCCC1(C#N)CCCC(C2CCC([C@H]3CC[C@H](CCCCCCC)CC3)CC2)C1. The van der Waals surface area contributed by atoms with Gasteiger partial charge in [-0.1, -0.05) is 110 Å². The Bertz CT molecular complexity index is 560. The van der Waals surface area contributed by atoms with Crippen LogP contribution in [0.2, 0.25) is 0 Å². The largest absolute Gasteiger partial charge is 0.198 e. The summed E-state index contributed by atoms with van der Waals surface area (Å²) in [6.45, 7) is 4.61. The third-order valence-electron chi connectivity index (χ3n) is 10.6. The highest BCUT2D eigenvalue weighted by Gasteiger charge is 2.40. The Kier molecular flexibility index (Phi) is 12.9. The van der Waals surface area contributed by atoms with Crippen LogP contribution in [0.5, 0.6) is 0 Å². The lowest BCUT2D eigenvalue weighted by molar-refractivity contribution is 0.0813. The Morgan fingerprint density at radius 3 is 1.74 bits per heavy atom. The van der Waals surface area contributed by atoms with Crippen molar-refractivity contribution in [3.8, 4) is 6.07 Å². The molecule has 0 aliphatic heterocycles. The standard InChI is InChI=1S/C33H59N/c1-3-5-7-9-11-14-28-16-18-29(19-17-28)30-20-22-31(23-21-30)32-15-13-25-33(26-32,27-34)24-12-10-8-6-4-2/h28-32H,3-26H2,1-2H3/t28-,29-,30?,31?,32?,33?. The number of rotatable bonds is 14. The number of unbranched alkanes of at least 4 members (excludes halogenated alkanes) is 8. The van der Waals surface area contributed by atoms with Gasteiger partial charge in [0.05, 0.1) is 11.5 Å². The van der Waals surface area contributed by atoms with Crippen LogP contribution >= 0.6 is 0 Å². The fraction of sp³-hybridized carbons (Fsp3) is 0.970. The maximum absolute atomic E-state index is 10.1. The van der Waals surface area contributed by atoms with Crippen LogP contribution in [0.25, 0.3) is 0 Å². The number of hydrogen-bond acceptors (Lipinski definition) is 1. The van der Waals surface area contributed by atoms with Gasteiger partial charge in [-0.05, 0) is 87.4 Å². The first-order chi connectivity index (χ1) is 16.7. The van der Waals surface area contributed by atoms with E-state index in [0.717, 1.165) is 29.6 Å². The fourth-order valence-corrected chi connectivity index (χ4v) is 8.34. The zero-order valence-corrected chi connectivity index (χ0v) is 23.3. The van der Waals surface area contributed by atoms with Crippen molar-refractivity contribution in [1.82, 2.24) is 0 Å². The molecule has 0 aromatic rings. The Balaban J connectivity index is 1.34. The molecule has 3 aliphatic rings. The molecule has 0 heterocycles. The molecule has 2 atom stereocenters. The highest BCUT2D eigenvalue weighted by molar-refractivity contribution is 5.03. The van der Waals surface area contributed by atoms with Gasteiger partial charge in [0.1, 0.15) is 0 Å². The minimum atomic E-state index is 0.0287. The summed E-state index contributed by atoms with van der Waals surface area (Å²) >= 11 is 0. The predicted octanol–water partition coefficient (Wildman–Crippen LogP) is 11.0. The van der Waals surface area contributed by atoms with Crippen molar-refractivity contribution in [2.75, 3.05) is 0 Å². The first kappa shape index (κ1) is 28.1. The zero-order chi connectivity index (χ0) is 24.1. The highest BCUT2D eigenvalue weighted by atomic mass is 14.5. The predicted molar refractivity (Wildman–Crippen MR) is 148 cm³/mol. The molecule has 0 bridgehead atoms. The summed E-state index contributed by atoms with van der Waals surface area (Å²) in [5, 5.41) is 10.1. The van der Waals surface area contributed by atoms with E-state index in [2.05, 4.69) is 19.9 Å². The Hall–Kier alpha value is -0.510. The van der Waals surface area contributed by atoms with Crippen molar-refractivity contribution >= 4 is 0 Å². The van der Waals surface area contributed by atoms with Crippen molar-refractivity contribution in [1.29, 1.82) is 5.26 Å². The third-order valence-corrected chi connectivity index (χ3v) is 10.6. The van der Waals surface area contributed by atoms with Crippen molar-refractivity contribution in [3.05, 3.63) is 0 Å². The molecular formula is C33H59N. The summed E-state index contributed by atoms with van der Waals surface area (Å²) in [6, 6.07) is 2.87. The molecule has 1 heteroatoms. The molecule has 34 heavy (non-hydrogen) atoms. The molecule has 3 aliphatic carbocycles. The quantitative estimate of drug-likeness (QED) is 0.232. The van der Waals surface area contributed by atoms with Gasteiger partial charge >= 0.3 is 0 Å². The molecular weight excluding hydrogens is 410 g/mol. The van der Waals surface area contributed by atoms with Crippen molar-refractivity contribution < 1.29 is 0 Å². The van der Waals surface area contributed by atoms with Crippen molar-refractivity contribution in [2.45, 2.75) is 168 Å². The van der Waals surface area contributed by atoms with Crippen molar-refractivity contribution in [2.24, 2.45) is 35.0 Å². The van der Waals surface area contributed by atoms with E-state index in [1.54, 1.807) is 0 Å². The summed E-state index contributed by atoms with van der Waals surface area (Å²) < 4.78 is 0. The first-order valence-corrected chi connectivity index (χ1v) is 16.1. The van der Waals surface area contributed by atoms with Gasteiger partial charge in [-0.2, -0.15) is 5.26 Å². The summed E-state index contributed by atoms with van der Waals surface area (Å²) in [5.74, 6) is 4.92. The normalized spacial score (nSPS) is 34.6. The van der Waals surface area contributed by atoms with E-state index in [4.69, 9.17) is 0 Å². The molecule has 0 spiro atoms. The van der Waals surface area contributed by atoms with E-state index in [1.165, 1.54) is 154 Å². The van der Waals surface area contributed by atoms with E-state index in [-0.39, 0.29) is 5.41 Å². The molecule has 0 saturated heterocycles. The van der Waals surface area contributed by atoms with Gasteiger partial charge in [-0.3, -0.25) is 0 Å². The van der Waals surface area contributed by atoms with E-state index in [0.29, 0.717) is 0 Å². The summed E-state index contributed by atoms with van der Waals surface area (Å²) in [4.78, 5) is 0. The lowest BCUT2D eigenvalue weighted by Gasteiger charge is -2.43. The summed E-state index contributed by atoms with van der Waals surface area (Å²) in [5.41, 5.74) is 0.0287. The molecule has 0 N–H and O–H groups in total. The minimum Gasteiger partial charge on any atom is -0.198 e. The van der Waals surface area contributed by atoms with Crippen LogP contribution in [0.15, 0.2) is 0 Å². The molecule has 0 amide bonds. The smallest absolute Gasteiger partial charge is 0.0689 e. The van der Waals surface area contributed by atoms with Gasteiger partial charge < -0.3 is 0 Å². The van der Waals surface area contributed by atoms with E-state index in [1.807, 2.05) is 0 Å². The topological polar surface area (TPSA) is 23.8 Å². The molecule has 0 aromatic carbocycles. The van der Waals surface area contributed by atoms with Crippen LogP contribution in [0.3, 0.4) is 0 Å². The van der Waals surface area contributed by atoms with E-state index >= 15 is 0 Å². The van der Waals surface area contributed by atoms with Crippen LogP contribution in [-0.4, -0.2) is 0 Å². The maximum Gasteiger partial charge on any atom is 0.0689 e. The number of nitriles is 1. The van der Waals surface area contributed by atoms with Crippen LogP contribution in [0.1, 0.15) is 168 Å². The average molecular weight is 470 g/mol.